The summed E-state index contributed by atoms with van der Waals surface area (Å²) >= 11 is 0. The van der Waals surface area contributed by atoms with Gasteiger partial charge in [-0.1, -0.05) is 24.2 Å². The average molecular weight is 452 g/mol. The Balaban J connectivity index is 1.82. The second kappa shape index (κ2) is 10.7. The zero-order chi connectivity index (χ0) is 24.0. The van der Waals surface area contributed by atoms with E-state index in [4.69, 9.17) is 14.2 Å². The number of methoxy groups -OCH3 is 3. The highest BCUT2D eigenvalue weighted by atomic mass is 16.5. The minimum Gasteiger partial charge on any atom is -0.493 e. The number of benzene rings is 2. The molecular weight excluding hydrogens is 420 g/mol. The lowest BCUT2D eigenvalue weighted by molar-refractivity contribution is -0.690. The number of carbonyl (C=O) groups is 1. The molecule has 2 aromatic carbocycles. The number of nitrogens with zero attached hydrogens (tertiary/aromatic N) is 4. The summed E-state index contributed by atoms with van der Waals surface area (Å²) in [6.45, 7) is 2.20. The van der Waals surface area contributed by atoms with E-state index in [2.05, 4.69) is 10.0 Å². The number of ether oxygens (including phenoxy) is 3. The highest BCUT2D eigenvalue weighted by Gasteiger charge is 2.22. The van der Waals surface area contributed by atoms with E-state index < -0.39 is 0 Å². The number of Topliss-reactive ketones (excluding diaryl/α,β-unsaturated/α-hetero) is 1. The van der Waals surface area contributed by atoms with Crippen LogP contribution >= 0.6 is 0 Å². The average Bonchev–Trinajstić information content (AvgIpc) is 3.22. The molecule has 3 aromatic rings. The predicted molar refractivity (Wildman–Crippen MR) is 128 cm³/mol. The Morgan fingerprint density at radius 2 is 1.70 bits per heavy atom. The van der Waals surface area contributed by atoms with Crippen molar-refractivity contribution >= 4 is 17.7 Å². The molecule has 0 aliphatic rings. The highest BCUT2D eigenvalue weighted by molar-refractivity contribution is 5.96. The molecule has 0 radical (unpaired) electrons. The molecule has 0 amide bonds. The first-order valence-electron chi connectivity index (χ1n) is 10.7. The molecular formula is C25H31N4O4+. The minimum atomic E-state index is -0.0741. The van der Waals surface area contributed by atoms with Crippen LogP contribution in [0.2, 0.25) is 0 Å². The van der Waals surface area contributed by atoms with Gasteiger partial charge in [-0.2, -0.15) is 0 Å². The number of hydrogen-bond donors (Lipinski definition) is 0. The Morgan fingerprint density at radius 1 is 1.06 bits per heavy atom. The first-order valence-corrected chi connectivity index (χ1v) is 10.7. The maximum absolute atomic E-state index is 13.1. The van der Waals surface area contributed by atoms with E-state index in [9.17, 15) is 4.79 Å². The zero-order valence-electron chi connectivity index (χ0n) is 20.0. The lowest BCUT2D eigenvalue weighted by atomic mass is 10.1. The van der Waals surface area contributed by atoms with E-state index in [0.29, 0.717) is 29.2 Å². The molecule has 0 saturated carbocycles. The van der Waals surface area contributed by atoms with Crippen LogP contribution in [-0.2, 0) is 13.0 Å². The normalized spacial score (nSPS) is 11.0. The third-order valence-electron chi connectivity index (χ3n) is 5.34. The van der Waals surface area contributed by atoms with Gasteiger partial charge in [0.05, 0.1) is 27.5 Å². The maximum atomic E-state index is 13.1. The van der Waals surface area contributed by atoms with Crippen molar-refractivity contribution in [3.05, 3.63) is 65.7 Å². The van der Waals surface area contributed by atoms with Crippen molar-refractivity contribution in [2.75, 3.05) is 40.3 Å². The van der Waals surface area contributed by atoms with Crippen LogP contribution in [-0.4, -0.2) is 52.1 Å². The maximum Gasteiger partial charge on any atom is 0.282 e. The van der Waals surface area contributed by atoms with Crippen molar-refractivity contribution < 1.29 is 23.6 Å². The van der Waals surface area contributed by atoms with Crippen LogP contribution in [0.4, 0.5) is 5.69 Å². The van der Waals surface area contributed by atoms with Gasteiger partial charge < -0.3 is 19.1 Å². The smallest absolute Gasteiger partial charge is 0.282 e. The van der Waals surface area contributed by atoms with Gasteiger partial charge in [0.1, 0.15) is 6.20 Å². The monoisotopic (exact) mass is 451 g/mol. The van der Waals surface area contributed by atoms with Crippen molar-refractivity contribution in [3.8, 4) is 17.2 Å². The van der Waals surface area contributed by atoms with Crippen molar-refractivity contribution in [1.82, 2.24) is 4.68 Å². The number of carbonyl (C=O) groups excluding carboxylic acids is 1. The molecule has 8 heteroatoms. The molecule has 0 bridgehead atoms. The number of ketones is 1. The number of hydrogen-bond acceptors (Lipinski definition) is 6. The van der Waals surface area contributed by atoms with Crippen LogP contribution in [0.25, 0.3) is 0 Å². The van der Waals surface area contributed by atoms with Crippen LogP contribution in [0.15, 0.2) is 53.9 Å². The molecule has 8 nitrogen and oxygen atoms in total. The first kappa shape index (κ1) is 23.8. The second-order valence-corrected chi connectivity index (χ2v) is 7.61. The summed E-state index contributed by atoms with van der Waals surface area (Å²) in [4.78, 5) is 15.1. The first-order chi connectivity index (χ1) is 15.9. The summed E-state index contributed by atoms with van der Waals surface area (Å²) in [5.74, 6) is 2.19. The van der Waals surface area contributed by atoms with Crippen LogP contribution in [0.3, 0.4) is 0 Å². The molecule has 0 N–H and O–H groups in total. The summed E-state index contributed by atoms with van der Waals surface area (Å²) in [5.41, 5.74) is 2.61. The van der Waals surface area contributed by atoms with E-state index >= 15 is 0 Å². The minimum absolute atomic E-state index is 0.0741. The van der Waals surface area contributed by atoms with Gasteiger partial charge in [-0.25, -0.2) is 4.57 Å². The van der Waals surface area contributed by atoms with Gasteiger partial charge in [-0.15, -0.1) is 4.68 Å². The van der Waals surface area contributed by atoms with Gasteiger partial charge >= 0.3 is 0 Å². The Kier molecular flexibility index (Phi) is 7.71. The van der Waals surface area contributed by atoms with Gasteiger partial charge in [-0.3, -0.25) is 4.79 Å². The molecule has 1 heterocycles. The van der Waals surface area contributed by atoms with Crippen LogP contribution in [0, 0.1) is 0 Å². The van der Waals surface area contributed by atoms with Gasteiger partial charge in [0.25, 0.3) is 5.82 Å². The van der Waals surface area contributed by atoms with Gasteiger partial charge in [0, 0.05) is 31.8 Å². The Labute approximate surface area is 194 Å². The molecule has 1 aromatic heterocycles. The summed E-state index contributed by atoms with van der Waals surface area (Å²) in [6, 6.07) is 11.5. The number of anilines is 1. The largest absolute Gasteiger partial charge is 0.493 e. The zero-order valence-corrected chi connectivity index (χ0v) is 20.0. The van der Waals surface area contributed by atoms with Crippen molar-refractivity contribution in [3.63, 3.8) is 0 Å². The molecule has 0 saturated heterocycles. The molecule has 3 rings (SSSR count). The Hall–Kier alpha value is -3.81. The number of rotatable bonds is 10. The summed E-state index contributed by atoms with van der Waals surface area (Å²) in [6.07, 6.45) is 6.24. The quantitative estimate of drug-likeness (QED) is 0.269. The van der Waals surface area contributed by atoms with Gasteiger partial charge in [-0.05, 0) is 29.8 Å². The molecule has 0 spiro atoms. The van der Waals surface area contributed by atoms with Crippen LogP contribution < -0.4 is 23.7 Å². The van der Waals surface area contributed by atoms with E-state index in [1.165, 1.54) is 21.3 Å². The lowest BCUT2D eigenvalue weighted by Gasteiger charge is -2.13. The third-order valence-corrected chi connectivity index (χ3v) is 5.34. The predicted octanol–water partition coefficient (Wildman–Crippen LogP) is 3.19. The topological polar surface area (TPSA) is 69.2 Å². The summed E-state index contributed by atoms with van der Waals surface area (Å²) in [5, 5.41) is 4.59. The van der Waals surface area contributed by atoms with Gasteiger partial charge in [0.15, 0.2) is 24.2 Å². The van der Waals surface area contributed by atoms with E-state index in [-0.39, 0.29) is 12.3 Å². The van der Waals surface area contributed by atoms with Crippen molar-refractivity contribution in [1.29, 1.82) is 0 Å². The molecule has 0 atom stereocenters. The van der Waals surface area contributed by atoms with Crippen LogP contribution in [0.1, 0.15) is 28.7 Å². The summed E-state index contributed by atoms with van der Waals surface area (Å²) < 4.78 is 19.8. The van der Waals surface area contributed by atoms with Crippen LogP contribution in [0.5, 0.6) is 17.2 Å². The molecule has 0 unspecified atom stereocenters. The molecule has 0 aliphatic carbocycles. The van der Waals surface area contributed by atoms with Crippen molar-refractivity contribution in [2.45, 2.75) is 19.9 Å². The fraction of sp³-hybridized carbons (Fsp3) is 0.320. The lowest BCUT2D eigenvalue weighted by Crippen LogP contribution is -2.40. The number of imidazole rings is 1. The number of aromatic nitrogens is 2. The Morgan fingerprint density at radius 3 is 2.21 bits per heavy atom. The van der Waals surface area contributed by atoms with E-state index in [1.807, 2.05) is 68.5 Å². The SMILES string of the molecule is CCc1n(N=Cc2ccc(N(C)C)cc2)cc[n+]1CC(=O)c1cc(OC)c(OC)c(OC)c1. The standard InChI is InChI=1S/C25H31N4O4/c1-7-24-28(12-13-29(24)26-16-18-8-10-20(11-9-18)27(2)3)17-21(30)19-14-22(31-4)25(33-6)23(15-19)32-5/h8-16H,7,17H2,1-6H3/q+1. The Bertz CT molecular complexity index is 1110. The second-order valence-electron chi connectivity index (χ2n) is 7.61. The highest BCUT2D eigenvalue weighted by Crippen LogP contribution is 2.38. The third kappa shape index (κ3) is 5.34. The summed E-state index contributed by atoms with van der Waals surface area (Å²) in [7, 11) is 8.61. The fourth-order valence-corrected chi connectivity index (χ4v) is 3.54. The molecule has 0 aliphatic heterocycles. The molecule has 0 fully saturated rings. The van der Waals surface area contributed by atoms with Crippen molar-refractivity contribution in [2.24, 2.45) is 5.10 Å². The fourth-order valence-electron chi connectivity index (χ4n) is 3.54. The van der Waals surface area contributed by atoms with E-state index in [0.717, 1.165) is 17.1 Å². The van der Waals surface area contributed by atoms with Gasteiger partial charge in [0.2, 0.25) is 11.5 Å². The van der Waals surface area contributed by atoms with E-state index in [1.54, 1.807) is 16.8 Å². The molecule has 174 valence electrons. The molecule has 33 heavy (non-hydrogen) atoms.